The van der Waals surface area contributed by atoms with Gasteiger partial charge in [0.1, 0.15) is 11.7 Å². The van der Waals surface area contributed by atoms with Crippen molar-refractivity contribution in [2.75, 3.05) is 0 Å². The Hall–Kier alpha value is -6.59. The van der Waals surface area contributed by atoms with Crippen molar-refractivity contribution in [2.24, 2.45) is 4.99 Å². The number of hydrogen-bond acceptors (Lipinski definition) is 5. The summed E-state index contributed by atoms with van der Waals surface area (Å²) in [6.45, 7) is 5.47. The molecule has 0 amide bonds. The molecule has 284 valence electrons. The molecule has 57 heavy (non-hydrogen) atoms. The van der Waals surface area contributed by atoms with Gasteiger partial charge in [0, 0.05) is 19.1 Å². The molecule has 0 fully saturated rings. The molecule has 0 spiro atoms. The van der Waals surface area contributed by atoms with Gasteiger partial charge in [-0.2, -0.15) is 0 Å². The second-order valence-corrected chi connectivity index (χ2v) is 15.2. The third-order valence-electron chi connectivity index (χ3n) is 9.80. The van der Waals surface area contributed by atoms with Gasteiger partial charge >= 0.3 is 11.9 Å². The van der Waals surface area contributed by atoms with Crippen molar-refractivity contribution < 1.29 is 19.1 Å². The normalized spacial score (nSPS) is 11.6. The average molecular weight is 750 g/mol. The highest BCUT2D eigenvalue weighted by molar-refractivity contribution is 6.03. The van der Waals surface area contributed by atoms with Crippen molar-refractivity contribution >= 4 is 66.9 Å². The zero-order valence-electron chi connectivity index (χ0n) is 32.7. The van der Waals surface area contributed by atoms with E-state index in [2.05, 4.69) is 114 Å². The summed E-state index contributed by atoms with van der Waals surface area (Å²) in [4.78, 5) is 30.1. The van der Waals surface area contributed by atoms with Crippen LogP contribution in [0, 0.1) is 0 Å². The lowest BCUT2D eigenvalue weighted by atomic mass is 9.89. The van der Waals surface area contributed by atoms with Crippen LogP contribution in [-0.2, 0) is 31.9 Å². The van der Waals surface area contributed by atoms with Crippen LogP contribution < -0.4 is 0 Å². The standard InChI is InChI=1S/C39H36O4.C13H11N/c1-39(2,3)43-38(41)21-20-37(40)42-30(24-35-31-16-8-4-12-26(31)22-27-13-5-9-17-32(27)35)25-36-33-18-10-6-14-28(33)23-29-15-7-11-19-34(29)36;1-3-7-12(8-4-1)11-14-13-9-5-2-6-10-13/h4-19,22-23,30H,20-21,24-25H2,1-3H3;1-11H/b;14-11+. The van der Waals surface area contributed by atoms with Gasteiger partial charge in [-0.3, -0.25) is 14.6 Å². The highest BCUT2D eigenvalue weighted by Crippen LogP contribution is 2.34. The van der Waals surface area contributed by atoms with Crippen molar-refractivity contribution in [1.82, 2.24) is 0 Å². The second-order valence-electron chi connectivity index (χ2n) is 15.2. The molecule has 0 aliphatic heterocycles. The van der Waals surface area contributed by atoms with Gasteiger partial charge in [0.2, 0.25) is 0 Å². The summed E-state index contributed by atoms with van der Waals surface area (Å²) < 4.78 is 11.7. The van der Waals surface area contributed by atoms with Gasteiger partial charge < -0.3 is 9.47 Å². The quantitative estimate of drug-likeness (QED) is 0.0793. The maximum Gasteiger partial charge on any atom is 0.306 e. The van der Waals surface area contributed by atoms with E-state index >= 15 is 0 Å². The number of benzene rings is 8. The molecule has 8 rings (SSSR count). The Morgan fingerprint density at radius 3 is 1.35 bits per heavy atom. The zero-order valence-corrected chi connectivity index (χ0v) is 32.7. The van der Waals surface area contributed by atoms with Crippen molar-refractivity contribution in [3.05, 3.63) is 187 Å². The van der Waals surface area contributed by atoms with Crippen LogP contribution >= 0.6 is 0 Å². The van der Waals surface area contributed by atoms with Gasteiger partial charge in [0.15, 0.2) is 0 Å². The predicted octanol–water partition coefficient (Wildman–Crippen LogP) is 12.6. The Labute approximate surface area is 334 Å². The van der Waals surface area contributed by atoms with E-state index in [0.717, 1.165) is 65.5 Å². The molecule has 0 atom stereocenters. The molecule has 0 saturated carbocycles. The van der Waals surface area contributed by atoms with Gasteiger partial charge in [-0.05, 0) is 105 Å². The molecule has 5 heteroatoms. The average Bonchev–Trinajstić information content (AvgIpc) is 3.22. The van der Waals surface area contributed by atoms with Gasteiger partial charge in [-0.25, -0.2) is 0 Å². The topological polar surface area (TPSA) is 65.0 Å². The molecule has 8 aromatic rings. The lowest BCUT2D eigenvalue weighted by Gasteiger charge is -2.23. The number of fused-ring (bicyclic) bond motifs is 4. The van der Waals surface area contributed by atoms with E-state index in [1.165, 1.54) is 0 Å². The maximum absolute atomic E-state index is 13.3. The summed E-state index contributed by atoms with van der Waals surface area (Å²) in [7, 11) is 0. The SMILES string of the molecule is C(=N\c1ccccc1)/c1ccccc1.CC(C)(C)OC(=O)CCC(=O)OC(Cc1c2ccccc2cc2ccccc12)Cc1c2ccccc2cc2ccccc12. The van der Waals surface area contributed by atoms with E-state index < -0.39 is 23.6 Å². The summed E-state index contributed by atoms with van der Waals surface area (Å²) in [6, 6.07) is 58.0. The molecular weight excluding hydrogens is 703 g/mol. The zero-order chi connectivity index (χ0) is 39.6. The smallest absolute Gasteiger partial charge is 0.306 e. The van der Waals surface area contributed by atoms with Gasteiger partial charge in [0.05, 0.1) is 18.5 Å². The van der Waals surface area contributed by atoms with Gasteiger partial charge in [-0.1, -0.05) is 146 Å². The van der Waals surface area contributed by atoms with E-state index in [0.29, 0.717) is 12.8 Å². The minimum absolute atomic E-state index is 0.0166. The summed E-state index contributed by atoms with van der Waals surface area (Å²) >= 11 is 0. The Morgan fingerprint density at radius 1 is 0.526 bits per heavy atom. The van der Waals surface area contributed by atoms with E-state index in [4.69, 9.17) is 9.47 Å². The number of carbonyl (C=O) groups is 2. The molecule has 5 nitrogen and oxygen atoms in total. The number of ether oxygens (including phenoxy) is 2. The Kier molecular flexibility index (Phi) is 12.2. The fourth-order valence-corrected chi connectivity index (χ4v) is 7.31. The molecular formula is C52H47NO4. The number of carbonyl (C=O) groups excluding carboxylic acids is 2. The third kappa shape index (κ3) is 10.2. The third-order valence-corrected chi connectivity index (χ3v) is 9.80. The first-order valence-electron chi connectivity index (χ1n) is 19.5. The van der Waals surface area contributed by atoms with E-state index in [-0.39, 0.29) is 12.8 Å². The summed E-state index contributed by atoms with van der Waals surface area (Å²) in [5.41, 5.74) is 3.81. The van der Waals surface area contributed by atoms with Gasteiger partial charge in [-0.15, -0.1) is 0 Å². The van der Waals surface area contributed by atoms with Crippen LogP contribution in [0.5, 0.6) is 0 Å². The number of rotatable bonds is 10. The van der Waals surface area contributed by atoms with Crippen LogP contribution in [0.2, 0.25) is 0 Å². The maximum atomic E-state index is 13.3. The monoisotopic (exact) mass is 749 g/mol. The molecule has 0 N–H and O–H groups in total. The van der Waals surface area contributed by atoms with E-state index in [1.54, 1.807) is 0 Å². The van der Waals surface area contributed by atoms with Crippen LogP contribution in [0.15, 0.2) is 175 Å². The molecule has 0 aromatic heterocycles. The Balaban J connectivity index is 0.000000297. The number of nitrogens with zero attached hydrogens (tertiary/aromatic N) is 1. The van der Waals surface area contributed by atoms with Crippen LogP contribution in [-0.4, -0.2) is 29.9 Å². The molecule has 0 unspecified atom stereocenters. The molecule has 0 saturated heterocycles. The highest BCUT2D eigenvalue weighted by atomic mass is 16.6. The van der Waals surface area contributed by atoms with Gasteiger partial charge in [0.25, 0.3) is 0 Å². The summed E-state index contributed by atoms with van der Waals surface area (Å²) in [6.07, 6.45) is 2.45. The number of esters is 2. The van der Waals surface area contributed by atoms with Crippen molar-refractivity contribution in [1.29, 1.82) is 0 Å². The number of para-hydroxylation sites is 1. The van der Waals surface area contributed by atoms with E-state index in [9.17, 15) is 9.59 Å². The van der Waals surface area contributed by atoms with Crippen LogP contribution in [0.4, 0.5) is 5.69 Å². The Bertz CT molecular complexity index is 2390. The largest absolute Gasteiger partial charge is 0.462 e. The first kappa shape index (κ1) is 38.7. The molecule has 8 aromatic carbocycles. The summed E-state index contributed by atoms with van der Waals surface area (Å²) in [5, 5.41) is 9.22. The number of aliphatic imine (C=N–C) groups is 1. The van der Waals surface area contributed by atoms with Crippen LogP contribution in [0.25, 0.3) is 43.1 Å². The van der Waals surface area contributed by atoms with Crippen molar-refractivity contribution in [2.45, 2.75) is 58.2 Å². The second kappa shape index (κ2) is 17.9. The van der Waals surface area contributed by atoms with Crippen molar-refractivity contribution in [3.63, 3.8) is 0 Å². The fraction of sp³-hybridized carbons (Fsp3) is 0.173. The lowest BCUT2D eigenvalue weighted by Crippen LogP contribution is -2.26. The molecule has 0 heterocycles. The first-order chi connectivity index (χ1) is 27.7. The Morgan fingerprint density at radius 2 is 0.912 bits per heavy atom. The molecule has 0 aliphatic carbocycles. The number of hydrogen-bond donors (Lipinski definition) is 0. The highest BCUT2D eigenvalue weighted by Gasteiger charge is 2.23. The minimum atomic E-state index is -0.603. The predicted molar refractivity (Wildman–Crippen MR) is 235 cm³/mol. The van der Waals surface area contributed by atoms with E-state index in [1.807, 2.05) is 87.6 Å². The first-order valence-corrected chi connectivity index (χ1v) is 19.5. The molecule has 0 aliphatic rings. The van der Waals surface area contributed by atoms with Crippen LogP contribution in [0.1, 0.15) is 50.3 Å². The van der Waals surface area contributed by atoms with Crippen molar-refractivity contribution in [3.8, 4) is 0 Å². The summed E-state index contributed by atoms with van der Waals surface area (Å²) in [5.74, 6) is -0.800. The fourth-order valence-electron chi connectivity index (χ4n) is 7.31. The molecule has 0 radical (unpaired) electrons. The van der Waals surface area contributed by atoms with Crippen LogP contribution in [0.3, 0.4) is 0 Å². The minimum Gasteiger partial charge on any atom is -0.462 e. The lowest BCUT2D eigenvalue weighted by molar-refractivity contribution is -0.159. The molecule has 0 bridgehead atoms.